The van der Waals surface area contributed by atoms with Gasteiger partial charge in [-0.05, 0) is 71.1 Å². The van der Waals surface area contributed by atoms with Gasteiger partial charge in [0.2, 0.25) is 0 Å². The van der Waals surface area contributed by atoms with E-state index >= 15 is 0 Å². The van der Waals surface area contributed by atoms with E-state index in [1.54, 1.807) is 6.07 Å². The van der Waals surface area contributed by atoms with Crippen molar-refractivity contribution in [2.75, 3.05) is 5.32 Å². The molecule has 1 aliphatic carbocycles. The smallest absolute Gasteiger partial charge is 0.139 e. The van der Waals surface area contributed by atoms with Gasteiger partial charge >= 0.3 is 0 Å². The summed E-state index contributed by atoms with van der Waals surface area (Å²) in [5.74, 6) is 1.91. The Labute approximate surface area is 130 Å². The lowest BCUT2D eigenvalue weighted by Crippen LogP contribution is -2.38. The molecule has 1 saturated carbocycles. The number of hydrogen-bond donors (Lipinski definition) is 1. The average Bonchev–Trinajstić information content (AvgIpc) is 2.35. The molecule has 1 aromatic carbocycles. The van der Waals surface area contributed by atoms with Gasteiger partial charge in [-0.3, -0.25) is 0 Å². The Morgan fingerprint density at radius 2 is 2.00 bits per heavy atom. The molecule has 1 aromatic rings. The Balaban J connectivity index is 2.20. The Morgan fingerprint density at radius 3 is 2.65 bits per heavy atom. The van der Waals surface area contributed by atoms with Crippen LogP contribution in [-0.2, 0) is 0 Å². The molecule has 0 aromatic heterocycles. The largest absolute Gasteiger partial charge is 0.382 e. The van der Waals surface area contributed by atoms with Crippen LogP contribution in [0.2, 0.25) is 0 Å². The average molecular weight is 342 g/mol. The highest BCUT2D eigenvalue weighted by Crippen LogP contribution is 2.36. The maximum absolute atomic E-state index is 13.8. The van der Waals surface area contributed by atoms with Crippen LogP contribution in [0.5, 0.6) is 0 Å². The lowest BCUT2D eigenvalue weighted by molar-refractivity contribution is 0.212. The third-order valence-electron chi connectivity index (χ3n) is 4.63. The molecule has 1 fully saturated rings. The van der Waals surface area contributed by atoms with Gasteiger partial charge in [0.25, 0.3) is 0 Å². The number of halogens is 2. The second kappa shape index (κ2) is 6.46. The van der Waals surface area contributed by atoms with Crippen molar-refractivity contribution in [2.45, 2.75) is 53.0 Å². The summed E-state index contributed by atoms with van der Waals surface area (Å²) in [6.07, 6.45) is 3.77. The number of hydrogen-bond acceptors (Lipinski definition) is 1. The molecule has 3 heteroatoms. The van der Waals surface area contributed by atoms with Gasteiger partial charge in [0.05, 0.1) is 4.47 Å². The molecular weight excluding hydrogens is 317 g/mol. The molecular formula is C17H25BrFN. The van der Waals surface area contributed by atoms with Gasteiger partial charge in [-0.2, -0.15) is 0 Å². The lowest BCUT2D eigenvalue weighted by Gasteiger charge is -2.38. The van der Waals surface area contributed by atoms with E-state index < -0.39 is 0 Å². The predicted octanol–water partition coefficient (Wildman–Crippen LogP) is 5.77. The quantitative estimate of drug-likeness (QED) is 0.735. The van der Waals surface area contributed by atoms with E-state index in [0.717, 1.165) is 17.2 Å². The highest BCUT2D eigenvalue weighted by molar-refractivity contribution is 9.10. The third-order valence-corrected chi connectivity index (χ3v) is 5.24. The standard InChI is InChI=1S/C17H25BrFN/c1-10(2)13-6-5-11(3)7-17(13)20-16-9-15(19)14(18)8-12(16)4/h8-11,13,17,20H,5-7H2,1-4H3. The van der Waals surface area contributed by atoms with E-state index in [1.807, 2.05) is 13.0 Å². The number of aryl methyl sites for hydroxylation is 1. The minimum absolute atomic E-state index is 0.192. The number of nitrogens with one attached hydrogen (secondary N) is 1. The van der Waals surface area contributed by atoms with E-state index in [-0.39, 0.29) is 5.82 Å². The van der Waals surface area contributed by atoms with Gasteiger partial charge in [-0.1, -0.05) is 27.2 Å². The Morgan fingerprint density at radius 1 is 1.30 bits per heavy atom. The maximum Gasteiger partial charge on any atom is 0.139 e. The number of rotatable bonds is 3. The summed E-state index contributed by atoms with van der Waals surface area (Å²) in [7, 11) is 0. The van der Waals surface area contributed by atoms with E-state index in [2.05, 4.69) is 42.0 Å². The fraction of sp³-hybridized carbons (Fsp3) is 0.647. The first-order valence-corrected chi connectivity index (χ1v) is 8.40. The van der Waals surface area contributed by atoms with Crippen molar-refractivity contribution >= 4 is 21.6 Å². The van der Waals surface area contributed by atoms with Crippen LogP contribution in [0.4, 0.5) is 10.1 Å². The van der Waals surface area contributed by atoms with E-state index in [4.69, 9.17) is 0 Å². The number of benzene rings is 1. The van der Waals surface area contributed by atoms with Crippen LogP contribution < -0.4 is 5.32 Å². The molecule has 3 atom stereocenters. The molecule has 1 nitrogen and oxygen atoms in total. The SMILES string of the molecule is Cc1cc(Br)c(F)cc1NC1CC(C)CCC1C(C)C. The van der Waals surface area contributed by atoms with Crippen molar-refractivity contribution in [3.8, 4) is 0 Å². The molecule has 3 unspecified atom stereocenters. The zero-order valence-corrected chi connectivity index (χ0v) is 14.4. The fourth-order valence-electron chi connectivity index (χ4n) is 3.37. The summed E-state index contributed by atoms with van der Waals surface area (Å²) in [5.41, 5.74) is 2.04. The molecule has 0 spiro atoms. The maximum atomic E-state index is 13.8. The van der Waals surface area contributed by atoms with Gasteiger partial charge < -0.3 is 5.32 Å². The highest BCUT2D eigenvalue weighted by atomic mass is 79.9. The Kier molecular flexibility index (Phi) is 5.11. The van der Waals surface area contributed by atoms with Gasteiger partial charge in [0, 0.05) is 11.7 Å². The first-order chi connectivity index (χ1) is 9.38. The zero-order valence-electron chi connectivity index (χ0n) is 12.8. The summed E-state index contributed by atoms with van der Waals surface area (Å²) in [4.78, 5) is 0. The van der Waals surface area contributed by atoms with Crippen molar-refractivity contribution in [3.63, 3.8) is 0 Å². The molecule has 0 aliphatic heterocycles. The van der Waals surface area contributed by atoms with Gasteiger partial charge in [-0.25, -0.2) is 4.39 Å². The molecule has 112 valence electrons. The van der Waals surface area contributed by atoms with Gasteiger partial charge in [0.1, 0.15) is 5.82 Å². The van der Waals surface area contributed by atoms with Crippen molar-refractivity contribution in [1.82, 2.24) is 0 Å². The molecule has 0 heterocycles. The summed E-state index contributed by atoms with van der Waals surface area (Å²) < 4.78 is 14.3. The molecule has 0 saturated heterocycles. The van der Waals surface area contributed by atoms with Gasteiger partial charge in [0.15, 0.2) is 0 Å². The summed E-state index contributed by atoms with van der Waals surface area (Å²) in [5, 5.41) is 3.62. The summed E-state index contributed by atoms with van der Waals surface area (Å²) in [6, 6.07) is 3.93. The minimum Gasteiger partial charge on any atom is -0.382 e. The topological polar surface area (TPSA) is 12.0 Å². The van der Waals surface area contributed by atoms with Crippen LogP contribution in [0.1, 0.15) is 45.6 Å². The summed E-state index contributed by atoms with van der Waals surface area (Å²) in [6.45, 7) is 8.94. The fourth-order valence-corrected chi connectivity index (χ4v) is 3.83. The van der Waals surface area contributed by atoms with E-state index in [1.165, 1.54) is 19.3 Å². The van der Waals surface area contributed by atoms with Crippen LogP contribution in [0.3, 0.4) is 0 Å². The monoisotopic (exact) mass is 341 g/mol. The van der Waals surface area contributed by atoms with Crippen LogP contribution in [0.15, 0.2) is 16.6 Å². The molecule has 0 radical (unpaired) electrons. The second-order valence-corrected chi connectivity index (χ2v) is 7.51. The van der Waals surface area contributed by atoms with Crippen molar-refractivity contribution in [2.24, 2.45) is 17.8 Å². The van der Waals surface area contributed by atoms with Crippen LogP contribution in [0.25, 0.3) is 0 Å². The van der Waals surface area contributed by atoms with Crippen LogP contribution >= 0.6 is 15.9 Å². The Bertz CT molecular complexity index is 472. The second-order valence-electron chi connectivity index (χ2n) is 6.66. The lowest BCUT2D eigenvalue weighted by atomic mass is 9.74. The molecule has 20 heavy (non-hydrogen) atoms. The molecule has 2 rings (SSSR count). The normalized spacial score (nSPS) is 26.9. The highest BCUT2D eigenvalue weighted by Gasteiger charge is 2.30. The van der Waals surface area contributed by atoms with E-state index in [9.17, 15) is 4.39 Å². The third kappa shape index (κ3) is 3.55. The number of anilines is 1. The van der Waals surface area contributed by atoms with Gasteiger partial charge in [-0.15, -0.1) is 0 Å². The Hall–Kier alpha value is -0.570. The van der Waals surface area contributed by atoms with Crippen molar-refractivity contribution < 1.29 is 4.39 Å². The van der Waals surface area contributed by atoms with Crippen molar-refractivity contribution in [3.05, 3.63) is 28.0 Å². The minimum atomic E-state index is -0.192. The van der Waals surface area contributed by atoms with Crippen molar-refractivity contribution in [1.29, 1.82) is 0 Å². The predicted molar refractivity (Wildman–Crippen MR) is 87.6 cm³/mol. The van der Waals surface area contributed by atoms with Crippen LogP contribution in [-0.4, -0.2) is 6.04 Å². The molecule has 0 bridgehead atoms. The molecule has 1 N–H and O–H groups in total. The van der Waals surface area contributed by atoms with E-state index in [0.29, 0.717) is 22.4 Å². The molecule has 0 amide bonds. The molecule has 1 aliphatic rings. The summed E-state index contributed by atoms with van der Waals surface area (Å²) >= 11 is 3.25. The first kappa shape index (κ1) is 15.8. The first-order valence-electron chi connectivity index (χ1n) is 7.60. The zero-order chi connectivity index (χ0) is 14.9. The van der Waals surface area contributed by atoms with Crippen LogP contribution in [0, 0.1) is 30.5 Å².